The molecule has 4 nitrogen and oxygen atoms in total. The van der Waals surface area contributed by atoms with Crippen molar-refractivity contribution in [3.63, 3.8) is 0 Å². The lowest BCUT2D eigenvalue weighted by atomic mass is 10.1. The van der Waals surface area contributed by atoms with Gasteiger partial charge in [-0.2, -0.15) is 0 Å². The summed E-state index contributed by atoms with van der Waals surface area (Å²) in [6.45, 7) is 2.96. The smallest absolute Gasteiger partial charge is 0.190 e. The predicted octanol–water partition coefficient (Wildman–Crippen LogP) is 1.86. The van der Waals surface area contributed by atoms with Crippen molar-refractivity contribution in [2.24, 2.45) is 0 Å². The van der Waals surface area contributed by atoms with E-state index >= 15 is 0 Å². The number of rotatable bonds is 1. The summed E-state index contributed by atoms with van der Waals surface area (Å²) in [6, 6.07) is 0. The van der Waals surface area contributed by atoms with E-state index in [-0.39, 0.29) is 11.3 Å². The number of aromatic nitrogens is 3. The Morgan fingerprint density at radius 2 is 2.13 bits per heavy atom. The van der Waals surface area contributed by atoms with E-state index in [0.717, 1.165) is 0 Å². The number of nitrogens with zero attached hydrogens (tertiary/aromatic N) is 3. The molecule has 0 aromatic carbocycles. The van der Waals surface area contributed by atoms with E-state index in [4.69, 9.17) is 0 Å². The van der Waals surface area contributed by atoms with Crippen LogP contribution in [-0.4, -0.2) is 19.5 Å². The van der Waals surface area contributed by atoms with E-state index < -0.39 is 11.4 Å². The number of hydrogen-bond acceptors (Lipinski definition) is 3. The van der Waals surface area contributed by atoms with Crippen LogP contribution in [0.4, 0.5) is 4.39 Å². The Balaban J connectivity index is 2.77. The van der Waals surface area contributed by atoms with Gasteiger partial charge in [0.15, 0.2) is 11.5 Å². The fourth-order valence-corrected chi connectivity index (χ4v) is 1.68. The van der Waals surface area contributed by atoms with Crippen molar-refractivity contribution in [2.45, 2.75) is 19.4 Å². The molecule has 0 aliphatic carbocycles. The predicted molar refractivity (Wildman–Crippen MR) is 55.9 cm³/mol. The molecule has 0 aliphatic rings. The molecule has 0 bridgehead atoms. The van der Waals surface area contributed by atoms with Gasteiger partial charge in [0.2, 0.25) is 0 Å². The van der Waals surface area contributed by atoms with Crippen molar-refractivity contribution in [3.05, 3.63) is 28.6 Å². The minimum atomic E-state index is -1.32. The van der Waals surface area contributed by atoms with Gasteiger partial charge >= 0.3 is 0 Å². The minimum absolute atomic E-state index is 0.00639. The monoisotopic (exact) mass is 273 g/mol. The minimum Gasteiger partial charge on any atom is -0.384 e. The van der Waals surface area contributed by atoms with E-state index in [1.165, 1.54) is 30.8 Å². The Bertz CT molecular complexity index is 518. The molecule has 0 saturated heterocycles. The molecule has 2 rings (SSSR count). The quantitative estimate of drug-likeness (QED) is 0.863. The van der Waals surface area contributed by atoms with Gasteiger partial charge in [0.05, 0.1) is 6.20 Å². The molecule has 0 saturated carbocycles. The Morgan fingerprint density at radius 3 is 2.73 bits per heavy atom. The molecule has 0 amide bonds. The maximum absolute atomic E-state index is 13.9. The molecule has 0 unspecified atom stereocenters. The highest BCUT2D eigenvalue weighted by molar-refractivity contribution is 9.10. The first-order chi connectivity index (χ1) is 6.91. The second-order valence-corrected chi connectivity index (χ2v) is 4.55. The number of halogens is 2. The molecule has 1 N–H and O–H groups in total. The first-order valence-corrected chi connectivity index (χ1v) is 5.10. The Kier molecular flexibility index (Phi) is 2.27. The third kappa shape index (κ3) is 1.63. The molecule has 15 heavy (non-hydrogen) atoms. The van der Waals surface area contributed by atoms with Crippen LogP contribution in [0.1, 0.15) is 19.5 Å². The van der Waals surface area contributed by atoms with Crippen molar-refractivity contribution in [3.8, 4) is 0 Å². The normalized spacial score (nSPS) is 12.3. The van der Waals surface area contributed by atoms with Gasteiger partial charge < -0.3 is 5.11 Å². The Hall–Kier alpha value is -1.01. The van der Waals surface area contributed by atoms with E-state index in [0.29, 0.717) is 4.60 Å². The molecule has 0 atom stereocenters. The topological polar surface area (TPSA) is 50.4 Å². The van der Waals surface area contributed by atoms with Crippen LogP contribution in [-0.2, 0) is 5.60 Å². The lowest BCUT2D eigenvalue weighted by Crippen LogP contribution is -2.20. The van der Waals surface area contributed by atoms with Crippen molar-refractivity contribution in [2.75, 3.05) is 0 Å². The highest BCUT2D eigenvalue weighted by Crippen LogP contribution is 2.24. The third-order valence-electron chi connectivity index (χ3n) is 2.04. The van der Waals surface area contributed by atoms with Gasteiger partial charge in [-0.1, -0.05) is 0 Å². The molecule has 0 radical (unpaired) electrons. The van der Waals surface area contributed by atoms with Gasteiger partial charge in [-0.3, -0.25) is 4.40 Å². The zero-order chi connectivity index (χ0) is 11.2. The van der Waals surface area contributed by atoms with Gasteiger partial charge in [-0.15, -0.1) is 0 Å². The van der Waals surface area contributed by atoms with Crippen LogP contribution < -0.4 is 0 Å². The van der Waals surface area contributed by atoms with E-state index in [1.54, 1.807) is 0 Å². The number of hydrogen-bond donors (Lipinski definition) is 1. The first kappa shape index (κ1) is 10.5. The van der Waals surface area contributed by atoms with Crippen LogP contribution in [0, 0.1) is 5.82 Å². The van der Waals surface area contributed by atoms with Crippen LogP contribution in [0.25, 0.3) is 5.65 Å². The lowest BCUT2D eigenvalue weighted by Gasteiger charge is -2.17. The summed E-state index contributed by atoms with van der Waals surface area (Å²) in [5, 5.41) is 9.68. The highest BCUT2D eigenvalue weighted by Gasteiger charge is 2.25. The number of imidazole rings is 1. The third-order valence-corrected chi connectivity index (χ3v) is 2.62. The standard InChI is InChI=1S/C9H9BrFN3O/c1-9(2,15)7-6(11)8-12-3-5(10)14(8)4-13-7/h3-4,15H,1-2H3. The molecule has 2 aromatic rings. The molecule has 2 heterocycles. The van der Waals surface area contributed by atoms with Gasteiger partial charge in [-0.25, -0.2) is 14.4 Å². The van der Waals surface area contributed by atoms with Crippen molar-refractivity contribution >= 4 is 21.6 Å². The largest absolute Gasteiger partial charge is 0.384 e. The number of aliphatic hydroxyl groups is 1. The van der Waals surface area contributed by atoms with E-state index in [2.05, 4.69) is 25.9 Å². The molecular weight excluding hydrogens is 265 g/mol. The molecule has 6 heteroatoms. The molecule has 0 spiro atoms. The highest BCUT2D eigenvalue weighted by atomic mass is 79.9. The summed E-state index contributed by atoms with van der Waals surface area (Å²) in [7, 11) is 0. The summed E-state index contributed by atoms with van der Waals surface area (Å²) in [4.78, 5) is 7.76. The first-order valence-electron chi connectivity index (χ1n) is 4.31. The second-order valence-electron chi connectivity index (χ2n) is 3.74. The lowest BCUT2D eigenvalue weighted by molar-refractivity contribution is 0.0694. The van der Waals surface area contributed by atoms with Gasteiger partial charge in [0.1, 0.15) is 22.2 Å². The average Bonchev–Trinajstić information content (AvgIpc) is 2.47. The summed E-state index contributed by atoms with van der Waals surface area (Å²) in [5.41, 5.74) is -1.17. The summed E-state index contributed by atoms with van der Waals surface area (Å²) in [5.74, 6) is -0.601. The van der Waals surface area contributed by atoms with Crippen molar-refractivity contribution in [1.82, 2.24) is 14.4 Å². The van der Waals surface area contributed by atoms with Gasteiger partial charge in [0.25, 0.3) is 0 Å². The van der Waals surface area contributed by atoms with Crippen LogP contribution >= 0.6 is 15.9 Å². The summed E-state index contributed by atoms with van der Waals surface area (Å²) >= 11 is 3.21. The summed E-state index contributed by atoms with van der Waals surface area (Å²) < 4.78 is 15.9. The van der Waals surface area contributed by atoms with Crippen LogP contribution in [0.2, 0.25) is 0 Å². The van der Waals surface area contributed by atoms with Crippen molar-refractivity contribution in [1.29, 1.82) is 0 Å². The Morgan fingerprint density at radius 1 is 1.47 bits per heavy atom. The second kappa shape index (κ2) is 3.24. The average molecular weight is 274 g/mol. The fraction of sp³-hybridized carbons (Fsp3) is 0.333. The zero-order valence-electron chi connectivity index (χ0n) is 8.20. The molecule has 0 fully saturated rings. The maximum Gasteiger partial charge on any atom is 0.190 e. The number of fused-ring (bicyclic) bond motifs is 1. The summed E-state index contributed by atoms with van der Waals surface area (Å²) in [6.07, 6.45) is 2.90. The SMILES string of the molecule is CC(C)(O)c1ncn2c(Br)cnc2c1F. The fourth-order valence-electron chi connectivity index (χ4n) is 1.32. The van der Waals surface area contributed by atoms with E-state index in [9.17, 15) is 9.50 Å². The van der Waals surface area contributed by atoms with Crippen LogP contribution in [0.5, 0.6) is 0 Å². The van der Waals surface area contributed by atoms with Crippen LogP contribution in [0.15, 0.2) is 17.1 Å². The van der Waals surface area contributed by atoms with Gasteiger partial charge in [0, 0.05) is 0 Å². The van der Waals surface area contributed by atoms with Gasteiger partial charge in [-0.05, 0) is 29.8 Å². The molecule has 80 valence electrons. The van der Waals surface area contributed by atoms with Crippen molar-refractivity contribution < 1.29 is 9.50 Å². The van der Waals surface area contributed by atoms with Crippen LogP contribution in [0.3, 0.4) is 0 Å². The maximum atomic E-state index is 13.9. The Labute approximate surface area is 93.9 Å². The molecule has 0 aliphatic heterocycles. The van der Waals surface area contributed by atoms with E-state index in [1.807, 2.05) is 0 Å². The molecular formula is C9H9BrFN3O. The molecule has 2 aromatic heterocycles. The zero-order valence-corrected chi connectivity index (χ0v) is 9.79.